The van der Waals surface area contributed by atoms with E-state index >= 15 is 0 Å². The molecule has 0 amide bonds. The van der Waals surface area contributed by atoms with Gasteiger partial charge < -0.3 is 4.79 Å². The van der Waals surface area contributed by atoms with Crippen LogP contribution in [0.2, 0.25) is 0 Å². The number of hydrogen-bond acceptors (Lipinski definition) is 1. The molecule has 13 heavy (non-hydrogen) atoms. The number of aldehydes is 1. The molecule has 1 heteroatoms. The Morgan fingerprint density at radius 2 is 2.23 bits per heavy atom. The van der Waals surface area contributed by atoms with Gasteiger partial charge in [0.25, 0.3) is 0 Å². The second-order valence-corrected chi connectivity index (χ2v) is 4.68. The number of carbonyl (C=O) groups excluding carboxylic acids is 1. The highest BCUT2D eigenvalue weighted by atomic mass is 16.1. The SMILES string of the molecule is CC1=CC2CCC(C=O)CC2CC1. The number of allylic oxidation sites excluding steroid dienone is 2. The van der Waals surface area contributed by atoms with Crippen molar-refractivity contribution in [2.45, 2.75) is 39.0 Å². The summed E-state index contributed by atoms with van der Waals surface area (Å²) in [5.74, 6) is 1.98. The highest BCUT2D eigenvalue weighted by Crippen LogP contribution is 2.40. The summed E-state index contributed by atoms with van der Waals surface area (Å²) < 4.78 is 0. The van der Waals surface area contributed by atoms with E-state index in [0.29, 0.717) is 5.92 Å². The van der Waals surface area contributed by atoms with Crippen LogP contribution in [0, 0.1) is 17.8 Å². The Morgan fingerprint density at radius 3 is 3.00 bits per heavy atom. The van der Waals surface area contributed by atoms with Crippen molar-refractivity contribution >= 4 is 6.29 Å². The molecule has 0 radical (unpaired) electrons. The maximum absolute atomic E-state index is 10.7. The van der Waals surface area contributed by atoms with Gasteiger partial charge in [-0.25, -0.2) is 0 Å². The second kappa shape index (κ2) is 3.65. The van der Waals surface area contributed by atoms with Crippen molar-refractivity contribution in [1.29, 1.82) is 0 Å². The summed E-state index contributed by atoms with van der Waals surface area (Å²) in [6.45, 7) is 2.24. The monoisotopic (exact) mass is 178 g/mol. The van der Waals surface area contributed by atoms with Gasteiger partial charge >= 0.3 is 0 Å². The maximum Gasteiger partial charge on any atom is 0.123 e. The molecule has 1 nitrogen and oxygen atoms in total. The zero-order valence-corrected chi connectivity index (χ0v) is 8.33. The molecule has 3 atom stereocenters. The fourth-order valence-electron chi connectivity index (χ4n) is 2.86. The first kappa shape index (κ1) is 8.98. The lowest BCUT2D eigenvalue weighted by atomic mass is 9.69. The van der Waals surface area contributed by atoms with Crippen molar-refractivity contribution < 1.29 is 4.79 Å². The maximum atomic E-state index is 10.7. The van der Waals surface area contributed by atoms with Crippen molar-refractivity contribution in [3.05, 3.63) is 11.6 Å². The predicted molar refractivity (Wildman–Crippen MR) is 53.4 cm³/mol. The van der Waals surface area contributed by atoms with E-state index in [0.717, 1.165) is 24.7 Å². The lowest BCUT2D eigenvalue weighted by Crippen LogP contribution is -2.26. The topological polar surface area (TPSA) is 17.1 Å². The molecule has 0 aromatic carbocycles. The van der Waals surface area contributed by atoms with E-state index in [9.17, 15) is 4.79 Å². The molecule has 2 aliphatic rings. The molecule has 72 valence electrons. The van der Waals surface area contributed by atoms with Crippen molar-refractivity contribution in [1.82, 2.24) is 0 Å². The number of hydrogen-bond donors (Lipinski definition) is 0. The Labute approximate surface area is 80.2 Å². The van der Waals surface area contributed by atoms with Crippen molar-refractivity contribution in [3.63, 3.8) is 0 Å². The minimum atomic E-state index is 0.369. The summed E-state index contributed by atoms with van der Waals surface area (Å²) in [6, 6.07) is 0. The molecule has 2 aliphatic carbocycles. The molecule has 0 bridgehead atoms. The van der Waals surface area contributed by atoms with E-state index in [-0.39, 0.29) is 0 Å². The fourth-order valence-corrected chi connectivity index (χ4v) is 2.86. The minimum Gasteiger partial charge on any atom is -0.303 e. The minimum absolute atomic E-state index is 0.369. The third-order valence-electron chi connectivity index (χ3n) is 3.68. The van der Waals surface area contributed by atoms with E-state index in [1.165, 1.54) is 25.5 Å². The summed E-state index contributed by atoms with van der Waals surface area (Å²) in [6.07, 6.45) is 9.71. The highest BCUT2D eigenvalue weighted by Gasteiger charge is 2.30. The molecule has 2 rings (SSSR count). The quantitative estimate of drug-likeness (QED) is 0.445. The van der Waals surface area contributed by atoms with Gasteiger partial charge in [-0.3, -0.25) is 0 Å². The normalized spacial score (nSPS) is 39.2. The van der Waals surface area contributed by atoms with Crippen LogP contribution in [0.5, 0.6) is 0 Å². The molecule has 0 heterocycles. The second-order valence-electron chi connectivity index (χ2n) is 4.68. The Hall–Kier alpha value is -0.590. The van der Waals surface area contributed by atoms with Crippen LogP contribution in [-0.2, 0) is 4.79 Å². The number of carbonyl (C=O) groups is 1. The third-order valence-corrected chi connectivity index (χ3v) is 3.68. The number of fused-ring (bicyclic) bond motifs is 1. The summed E-state index contributed by atoms with van der Waals surface area (Å²) in [5.41, 5.74) is 1.56. The van der Waals surface area contributed by atoms with Gasteiger partial charge in [-0.05, 0) is 50.9 Å². The largest absolute Gasteiger partial charge is 0.303 e. The molecule has 0 aromatic rings. The molecule has 1 saturated carbocycles. The fraction of sp³-hybridized carbons (Fsp3) is 0.750. The van der Waals surface area contributed by atoms with Gasteiger partial charge in [0.1, 0.15) is 6.29 Å². The van der Waals surface area contributed by atoms with Crippen LogP contribution in [0.25, 0.3) is 0 Å². The summed E-state index contributed by atoms with van der Waals surface area (Å²) in [5, 5.41) is 0. The molecule has 0 spiro atoms. The van der Waals surface area contributed by atoms with E-state index in [4.69, 9.17) is 0 Å². The van der Waals surface area contributed by atoms with Gasteiger partial charge in [0.05, 0.1) is 0 Å². The van der Waals surface area contributed by atoms with Crippen LogP contribution in [0.4, 0.5) is 0 Å². The first-order valence-corrected chi connectivity index (χ1v) is 5.42. The lowest BCUT2D eigenvalue weighted by Gasteiger charge is -2.36. The molecule has 0 saturated heterocycles. The summed E-state index contributed by atoms with van der Waals surface area (Å²) >= 11 is 0. The van der Waals surface area contributed by atoms with Crippen LogP contribution in [-0.4, -0.2) is 6.29 Å². The van der Waals surface area contributed by atoms with Gasteiger partial charge in [0, 0.05) is 5.92 Å². The van der Waals surface area contributed by atoms with Crippen LogP contribution in [0.3, 0.4) is 0 Å². The average molecular weight is 178 g/mol. The molecule has 1 fully saturated rings. The molecule has 0 aromatic heterocycles. The van der Waals surface area contributed by atoms with E-state index in [1.54, 1.807) is 5.57 Å². The summed E-state index contributed by atoms with van der Waals surface area (Å²) in [4.78, 5) is 10.7. The lowest BCUT2D eigenvalue weighted by molar-refractivity contribution is -0.112. The predicted octanol–water partition coefficient (Wildman–Crippen LogP) is 2.96. The van der Waals surface area contributed by atoms with Crippen LogP contribution >= 0.6 is 0 Å². The Morgan fingerprint density at radius 1 is 1.38 bits per heavy atom. The van der Waals surface area contributed by atoms with E-state index in [2.05, 4.69) is 13.0 Å². The smallest absolute Gasteiger partial charge is 0.123 e. The first-order chi connectivity index (χ1) is 6.29. The van der Waals surface area contributed by atoms with Gasteiger partial charge in [-0.1, -0.05) is 11.6 Å². The van der Waals surface area contributed by atoms with Crippen LogP contribution in [0.15, 0.2) is 11.6 Å². The Kier molecular flexibility index (Phi) is 2.52. The van der Waals surface area contributed by atoms with Crippen LogP contribution < -0.4 is 0 Å². The van der Waals surface area contributed by atoms with Crippen molar-refractivity contribution in [2.75, 3.05) is 0 Å². The highest BCUT2D eigenvalue weighted by molar-refractivity contribution is 5.53. The van der Waals surface area contributed by atoms with Crippen molar-refractivity contribution in [3.8, 4) is 0 Å². The van der Waals surface area contributed by atoms with E-state index in [1.807, 2.05) is 0 Å². The number of rotatable bonds is 1. The van der Waals surface area contributed by atoms with Gasteiger partial charge in [0.15, 0.2) is 0 Å². The first-order valence-electron chi connectivity index (χ1n) is 5.42. The van der Waals surface area contributed by atoms with Gasteiger partial charge in [-0.2, -0.15) is 0 Å². The van der Waals surface area contributed by atoms with E-state index < -0.39 is 0 Å². The van der Waals surface area contributed by atoms with Crippen molar-refractivity contribution in [2.24, 2.45) is 17.8 Å². The average Bonchev–Trinajstić information content (AvgIpc) is 2.17. The standard InChI is InChI=1S/C12H18O/c1-9-2-4-12-7-10(8-13)3-5-11(12)6-9/h6,8,10-12H,2-5,7H2,1H3. The zero-order chi connectivity index (χ0) is 9.26. The molecule has 3 unspecified atom stereocenters. The molecular weight excluding hydrogens is 160 g/mol. The Balaban J connectivity index is 2.03. The zero-order valence-electron chi connectivity index (χ0n) is 8.33. The molecular formula is C12H18O. The van der Waals surface area contributed by atoms with Gasteiger partial charge in [-0.15, -0.1) is 0 Å². The molecule has 0 N–H and O–H groups in total. The molecule has 0 aliphatic heterocycles. The van der Waals surface area contributed by atoms with Crippen LogP contribution in [0.1, 0.15) is 39.0 Å². The third kappa shape index (κ3) is 1.84. The summed E-state index contributed by atoms with van der Waals surface area (Å²) in [7, 11) is 0. The Bertz CT molecular complexity index is 229. The van der Waals surface area contributed by atoms with Gasteiger partial charge in [0.2, 0.25) is 0 Å².